The molecule has 0 rings (SSSR count). The number of carbonyl (C=O) groups is 2. The maximum Gasteiger partial charge on any atom is 0.343 e. The molecule has 0 aliphatic carbocycles. The van der Waals surface area contributed by atoms with Crippen molar-refractivity contribution in [2.75, 3.05) is 19.6 Å². The molecule has 0 spiro atoms. The average Bonchev–Trinajstić information content (AvgIpc) is 2.74. The van der Waals surface area contributed by atoms with Crippen LogP contribution in [0.3, 0.4) is 0 Å². The minimum absolute atomic E-state index is 0.475. The first-order chi connectivity index (χ1) is 14.8. The third-order valence-electron chi connectivity index (χ3n) is 5.40. The van der Waals surface area contributed by atoms with Crippen molar-refractivity contribution in [2.24, 2.45) is 5.92 Å². The zero-order valence-electron chi connectivity index (χ0n) is 21.1. The van der Waals surface area contributed by atoms with Crippen molar-refractivity contribution < 1.29 is 14.3 Å². The predicted octanol–water partition coefficient (Wildman–Crippen LogP) is 6.05. The minimum atomic E-state index is -0.560. The molecule has 0 saturated heterocycles. The van der Waals surface area contributed by atoms with E-state index in [1.807, 2.05) is 13.0 Å². The van der Waals surface area contributed by atoms with Gasteiger partial charge in [-0.3, -0.25) is 0 Å². The minimum Gasteiger partial charge on any atom is -0.388 e. The Bertz CT molecular complexity index is 565. The third-order valence-corrected chi connectivity index (χ3v) is 5.40. The summed E-state index contributed by atoms with van der Waals surface area (Å²) in [5, 5.41) is 6.73. The average molecular weight is 437 g/mol. The lowest BCUT2D eigenvalue weighted by Crippen LogP contribution is -2.21. The van der Waals surface area contributed by atoms with Crippen LogP contribution in [0.1, 0.15) is 106 Å². The summed E-state index contributed by atoms with van der Waals surface area (Å²) in [4.78, 5) is 24.6. The molecule has 2 N–H and O–H groups in total. The molecule has 0 aromatic heterocycles. The van der Waals surface area contributed by atoms with E-state index in [2.05, 4.69) is 31.4 Å². The van der Waals surface area contributed by atoms with E-state index in [4.69, 9.17) is 4.74 Å². The molecule has 180 valence electrons. The van der Waals surface area contributed by atoms with Crippen molar-refractivity contribution in [2.45, 2.75) is 106 Å². The molecule has 0 amide bonds. The van der Waals surface area contributed by atoms with Crippen molar-refractivity contribution in [3.8, 4) is 0 Å². The molecule has 0 aromatic rings. The normalized spacial score (nSPS) is 12.7. The van der Waals surface area contributed by atoms with Crippen LogP contribution < -0.4 is 10.6 Å². The highest BCUT2D eigenvalue weighted by Gasteiger charge is 2.16. The third kappa shape index (κ3) is 15.8. The number of esters is 2. The van der Waals surface area contributed by atoms with Crippen LogP contribution in [-0.2, 0) is 14.3 Å². The summed E-state index contributed by atoms with van der Waals surface area (Å²) >= 11 is 0. The number of rotatable bonds is 18. The van der Waals surface area contributed by atoms with Crippen LogP contribution in [0.15, 0.2) is 22.9 Å². The Kier molecular flexibility index (Phi) is 18.1. The van der Waals surface area contributed by atoms with Crippen LogP contribution in [-0.4, -0.2) is 31.6 Å². The van der Waals surface area contributed by atoms with Gasteiger partial charge in [0.25, 0.3) is 0 Å². The fourth-order valence-electron chi connectivity index (χ4n) is 3.27. The Balaban J connectivity index is 4.32. The van der Waals surface area contributed by atoms with E-state index in [0.717, 1.165) is 50.5 Å². The molecule has 0 fully saturated rings. The lowest BCUT2D eigenvalue weighted by molar-refractivity contribution is -0.154. The Morgan fingerprint density at radius 2 is 1.55 bits per heavy atom. The monoisotopic (exact) mass is 436 g/mol. The van der Waals surface area contributed by atoms with Gasteiger partial charge in [0.1, 0.15) is 0 Å². The second kappa shape index (κ2) is 19.1. The molecular formula is C26H48N2O3. The first kappa shape index (κ1) is 29.4. The Morgan fingerprint density at radius 1 is 0.871 bits per heavy atom. The van der Waals surface area contributed by atoms with Gasteiger partial charge < -0.3 is 15.4 Å². The number of ether oxygens (including phenoxy) is 1. The molecule has 0 saturated carbocycles. The van der Waals surface area contributed by atoms with E-state index in [1.165, 1.54) is 38.5 Å². The Labute approximate surface area is 191 Å². The summed E-state index contributed by atoms with van der Waals surface area (Å²) in [7, 11) is 0. The largest absolute Gasteiger partial charge is 0.388 e. The summed E-state index contributed by atoms with van der Waals surface area (Å²) in [6.45, 7) is 14.8. The first-order valence-electron chi connectivity index (χ1n) is 12.4. The van der Waals surface area contributed by atoms with Crippen LogP contribution in [0, 0.1) is 5.92 Å². The molecule has 31 heavy (non-hydrogen) atoms. The van der Waals surface area contributed by atoms with E-state index in [1.54, 1.807) is 13.8 Å². The molecule has 0 heterocycles. The molecule has 0 aliphatic heterocycles. The van der Waals surface area contributed by atoms with Gasteiger partial charge in [-0.05, 0) is 65.0 Å². The second-order valence-corrected chi connectivity index (χ2v) is 8.79. The van der Waals surface area contributed by atoms with Gasteiger partial charge in [-0.2, -0.15) is 0 Å². The smallest absolute Gasteiger partial charge is 0.343 e. The van der Waals surface area contributed by atoms with Crippen LogP contribution in [0.25, 0.3) is 0 Å². The van der Waals surface area contributed by atoms with Crippen molar-refractivity contribution in [1.82, 2.24) is 10.6 Å². The molecule has 0 bridgehead atoms. The van der Waals surface area contributed by atoms with E-state index < -0.39 is 11.9 Å². The van der Waals surface area contributed by atoms with Gasteiger partial charge in [0, 0.05) is 17.8 Å². The maximum absolute atomic E-state index is 12.4. The zero-order chi connectivity index (χ0) is 23.5. The number of allylic oxidation sites excluding steroid dienone is 1. The quantitative estimate of drug-likeness (QED) is 0.118. The van der Waals surface area contributed by atoms with Gasteiger partial charge in [0.05, 0.1) is 5.57 Å². The van der Waals surface area contributed by atoms with E-state index >= 15 is 0 Å². The fourth-order valence-corrected chi connectivity index (χ4v) is 3.27. The number of hydrogen-bond donors (Lipinski definition) is 2. The van der Waals surface area contributed by atoms with Crippen molar-refractivity contribution in [3.63, 3.8) is 0 Å². The van der Waals surface area contributed by atoms with E-state index in [0.29, 0.717) is 17.6 Å². The highest BCUT2D eigenvalue weighted by atomic mass is 16.6. The van der Waals surface area contributed by atoms with Gasteiger partial charge in [-0.15, -0.1) is 0 Å². The highest BCUT2D eigenvalue weighted by Crippen LogP contribution is 2.11. The molecule has 5 nitrogen and oxygen atoms in total. The summed E-state index contributed by atoms with van der Waals surface area (Å²) in [6, 6.07) is 0. The maximum atomic E-state index is 12.4. The van der Waals surface area contributed by atoms with Gasteiger partial charge in [0.15, 0.2) is 0 Å². The molecule has 0 unspecified atom stereocenters. The molecule has 0 radical (unpaired) electrons. The van der Waals surface area contributed by atoms with Crippen LogP contribution >= 0.6 is 0 Å². The van der Waals surface area contributed by atoms with Crippen molar-refractivity contribution in [1.29, 1.82) is 0 Å². The van der Waals surface area contributed by atoms with Crippen molar-refractivity contribution >= 4 is 11.9 Å². The molecule has 0 aliphatic rings. The molecule has 5 heteroatoms. The second-order valence-electron chi connectivity index (χ2n) is 8.79. The Hall–Kier alpha value is -1.62. The zero-order valence-corrected chi connectivity index (χ0v) is 21.1. The number of nitrogens with one attached hydrogen (secondary N) is 2. The van der Waals surface area contributed by atoms with Crippen LogP contribution in [0.2, 0.25) is 0 Å². The standard InChI is InChI=1S/C26H48N2O3/c1-7-9-10-11-12-13-20-28-24(8-2)23(6)26(30)31-25(29)22(5)17-15-19-27-18-14-16-21(3)4/h17,21,27-28H,7-16,18-20H2,1-6H3. The van der Waals surface area contributed by atoms with Crippen LogP contribution in [0.5, 0.6) is 0 Å². The summed E-state index contributed by atoms with van der Waals surface area (Å²) in [6.07, 6.45) is 13.1. The van der Waals surface area contributed by atoms with Gasteiger partial charge in [-0.25, -0.2) is 9.59 Å². The van der Waals surface area contributed by atoms with Crippen LogP contribution in [0.4, 0.5) is 0 Å². The van der Waals surface area contributed by atoms with Crippen molar-refractivity contribution in [3.05, 3.63) is 22.9 Å². The first-order valence-corrected chi connectivity index (χ1v) is 12.4. The topological polar surface area (TPSA) is 67.4 Å². The highest BCUT2D eigenvalue weighted by molar-refractivity contribution is 6.01. The number of carbonyl (C=O) groups excluding carboxylic acids is 2. The lowest BCUT2D eigenvalue weighted by atomic mass is 10.1. The van der Waals surface area contributed by atoms with Gasteiger partial charge in [0.2, 0.25) is 0 Å². The molecule has 0 aromatic carbocycles. The Morgan fingerprint density at radius 3 is 2.19 bits per heavy atom. The summed E-state index contributed by atoms with van der Waals surface area (Å²) in [5.41, 5.74) is 1.82. The molecule has 0 atom stereocenters. The fraction of sp³-hybridized carbons (Fsp3) is 0.769. The molecular weight excluding hydrogens is 388 g/mol. The van der Waals surface area contributed by atoms with E-state index in [-0.39, 0.29) is 0 Å². The number of hydrogen-bond acceptors (Lipinski definition) is 5. The van der Waals surface area contributed by atoms with Gasteiger partial charge in [-0.1, -0.05) is 65.9 Å². The lowest BCUT2D eigenvalue weighted by Gasteiger charge is -2.13. The summed E-state index contributed by atoms with van der Waals surface area (Å²) < 4.78 is 5.09. The van der Waals surface area contributed by atoms with E-state index in [9.17, 15) is 9.59 Å². The predicted molar refractivity (Wildman–Crippen MR) is 131 cm³/mol. The number of unbranched alkanes of at least 4 members (excludes halogenated alkanes) is 5. The summed E-state index contributed by atoms with van der Waals surface area (Å²) in [5.74, 6) is -0.389. The van der Waals surface area contributed by atoms with Gasteiger partial charge >= 0.3 is 11.9 Å². The SMILES string of the molecule is CCCCCCCCNC(CC)=C(C)C(=O)OC(=O)C(C)=CCCNCCCC(C)C.